The Balaban J connectivity index is 1.79. The summed E-state index contributed by atoms with van der Waals surface area (Å²) < 4.78 is 10.3. The fourth-order valence-electron chi connectivity index (χ4n) is 2.20. The van der Waals surface area contributed by atoms with Crippen molar-refractivity contribution in [3.05, 3.63) is 59.7 Å². The minimum Gasteiger partial charge on any atom is -0.504 e. The maximum atomic E-state index is 12.0. The molecule has 0 bridgehead atoms. The lowest BCUT2D eigenvalue weighted by Gasteiger charge is -2.16. The molecule has 0 saturated heterocycles. The number of phenolic OH excluding ortho intramolecular Hbond substituents is 2. The van der Waals surface area contributed by atoms with Crippen molar-refractivity contribution in [3.63, 3.8) is 0 Å². The molecule has 2 atom stereocenters. The van der Waals surface area contributed by atoms with Crippen LogP contribution < -0.4 is 5.73 Å². The predicted molar refractivity (Wildman–Crippen MR) is 93.7 cm³/mol. The first kappa shape index (κ1) is 19.3. The Labute approximate surface area is 151 Å². The van der Waals surface area contributed by atoms with Crippen LogP contribution in [0.5, 0.6) is 11.5 Å². The SMILES string of the molecule is C[C@@H](COC(=O)[C@@H](N)Cc1ccc(O)c(O)c1)OC(=O)c1ccccc1. The molecule has 0 unspecified atom stereocenters. The van der Waals surface area contributed by atoms with Crippen LogP contribution in [0.25, 0.3) is 0 Å². The molecule has 2 rings (SSSR count). The van der Waals surface area contributed by atoms with Crippen LogP contribution in [0.4, 0.5) is 0 Å². The van der Waals surface area contributed by atoms with E-state index in [4.69, 9.17) is 15.2 Å². The molecule has 0 aromatic heterocycles. The van der Waals surface area contributed by atoms with E-state index in [-0.39, 0.29) is 24.5 Å². The van der Waals surface area contributed by atoms with E-state index in [1.807, 2.05) is 0 Å². The molecule has 2 aromatic rings. The molecule has 138 valence electrons. The molecule has 0 amide bonds. The number of hydrogen-bond donors (Lipinski definition) is 3. The lowest BCUT2D eigenvalue weighted by molar-refractivity contribution is -0.148. The topological polar surface area (TPSA) is 119 Å². The maximum absolute atomic E-state index is 12.0. The Morgan fingerprint density at radius 2 is 1.77 bits per heavy atom. The number of rotatable bonds is 7. The van der Waals surface area contributed by atoms with Gasteiger partial charge in [0.1, 0.15) is 18.8 Å². The van der Waals surface area contributed by atoms with Gasteiger partial charge in [0.2, 0.25) is 0 Å². The van der Waals surface area contributed by atoms with E-state index < -0.39 is 24.1 Å². The van der Waals surface area contributed by atoms with Crippen LogP contribution in [0.15, 0.2) is 48.5 Å². The number of carbonyl (C=O) groups excluding carboxylic acids is 2. The summed E-state index contributed by atoms with van der Waals surface area (Å²) in [6.45, 7) is 1.49. The van der Waals surface area contributed by atoms with Crippen LogP contribution >= 0.6 is 0 Å². The van der Waals surface area contributed by atoms with Gasteiger partial charge in [-0.25, -0.2) is 4.79 Å². The Hall–Kier alpha value is -3.06. The first-order chi connectivity index (χ1) is 12.4. The second-order valence-electron chi connectivity index (χ2n) is 5.85. The highest BCUT2D eigenvalue weighted by atomic mass is 16.6. The summed E-state index contributed by atoms with van der Waals surface area (Å²) in [7, 11) is 0. The molecule has 7 nitrogen and oxygen atoms in total. The van der Waals surface area contributed by atoms with Crippen LogP contribution in [-0.4, -0.2) is 40.9 Å². The molecular formula is C19H21NO6. The molecule has 26 heavy (non-hydrogen) atoms. The van der Waals surface area contributed by atoms with Crippen molar-refractivity contribution in [2.75, 3.05) is 6.61 Å². The van der Waals surface area contributed by atoms with Crippen LogP contribution in [0.3, 0.4) is 0 Å². The van der Waals surface area contributed by atoms with Gasteiger partial charge >= 0.3 is 11.9 Å². The fourth-order valence-corrected chi connectivity index (χ4v) is 2.20. The number of esters is 2. The van der Waals surface area contributed by atoms with Gasteiger partial charge in [-0.15, -0.1) is 0 Å². The Kier molecular flexibility index (Phi) is 6.57. The molecule has 0 radical (unpaired) electrons. The van der Waals surface area contributed by atoms with Crippen molar-refractivity contribution in [3.8, 4) is 11.5 Å². The summed E-state index contributed by atoms with van der Waals surface area (Å²) in [4.78, 5) is 23.9. The smallest absolute Gasteiger partial charge is 0.338 e. The maximum Gasteiger partial charge on any atom is 0.338 e. The average Bonchev–Trinajstić information content (AvgIpc) is 2.63. The van der Waals surface area contributed by atoms with E-state index >= 15 is 0 Å². The molecule has 0 fully saturated rings. The quantitative estimate of drug-likeness (QED) is 0.509. The van der Waals surface area contributed by atoms with Gasteiger partial charge in [0.05, 0.1) is 5.56 Å². The molecule has 0 aliphatic rings. The van der Waals surface area contributed by atoms with E-state index in [0.717, 1.165) is 0 Å². The minimum absolute atomic E-state index is 0.119. The van der Waals surface area contributed by atoms with Gasteiger partial charge in [-0.2, -0.15) is 0 Å². The Morgan fingerprint density at radius 3 is 2.42 bits per heavy atom. The second-order valence-corrected chi connectivity index (χ2v) is 5.85. The van der Waals surface area contributed by atoms with Gasteiger partial charge in [-0.05, 0) is 43.2 Å². The number of ether oxygens (including phenoxy) is 2. The van der Waals surface area contributed by atoms with Crippen LogP contribution in [0, 0.1) is 0 Å². The largest absolute Gasteiger partial charge is 0.504 e. The molecule has 0 spiro atoms. The van der Waals surface area contributed by atoms with Crippen LogP contribution in [0.1, 0.15) is 22.8 Å². The molecule has 4 N–H and O–H groups in total. The van der Waals surface area contributed by atoms with Crippen molar-refractivity contribution < 1.29 is 29.3 Å². The normalized spacial score (nSPS) is 12.8. The summed E-state index contributed by atoms with van der Waals surface area (Å²) >= 11 is 0. The van der Waals surface area contributed by atoms with Gasteiger partial charge in [0, 0.05) is 0 Å². The third kappa shape index (κ3) is 5.49. The summed E-state index contributed by atoms with van der Waals surface area (Å²) in [6.07, 6.45) is -0.498. The zero-order valence-electron chi connectivity index (χ0n) is 14.3. The molecular weight excluding hydrogens is 338 g/mol. The highest BCUT2D eigenvalue weighted by Crippen LogP contribution is 2.25. The van der Waals surface area contributed by atoms with Gasteiger partial charge in [-0.3, -0.25) is 4.79 Å². The number of phenols is 2. The van der Waals surface area contributed by atoms with Crippen molar-refractivity contribution in [2.45, 2.75) is 25.5 Å². The van der Waals surface area contributed by atoms with E-state index in [1.165, 1.54) is 12.1 Å². The third-order valence-electron chi connectivity index (χ3n) is 3.58. The predicted octanol–water partition coefficient (Wildman–Crippen LogP) is 1.76. The number of aromatic hydroxyl groups is 2. The number of benzene rings is 2. The lowest BCUT2D eigenvalue weighted by Crippen LogP contribution is -2.36. The standard InChI is InChI=1S/C19H21NO6/c1-12(26-18(23)14-5-3-2-4-6-14)11-25-19(24)15(20)9-13-7-8-16(21)17(22)10-13/h2-8,10,12,15,21-22H,9,11,20H2,1H3/t12-,15-/m0/s1. The summed E-state index contributed by atoms with van der Waals surface area (Å²) in [5, 5.41) is 18.7. The van der Waals surface area contributed by atoms with Crippen LogP contribution in [0.2, 0.25) is 0 Å². The van der Waals surface area contributed by atoms with Crippen LogP contribution in [-0.2, 0) is 20.7 Å². The van der Waals surface area contributed by atoms with Gasteiger partial charge in [-0.1, -0.05) is 24.3 Å². The van der Waals surface area contributed by atoms with Crippen molar-refractivity contribution in [1.82, 2.24) is 0 Å². The minimum atomic E-state index is -0.948. The fraction of sp³-hybridized carbons (Fsp3) is 0.263. The van der Waals surface area contributed by atoms with E-state index in [2.05, 4.69) is 0 Å². The lowest BCUT2D eigenvalue weighted by atomic mass is 10.1. The van der Waals surface area contributed by atoms with Gasteiger partial charge in [0.25, 0.3) is 0 Å². The van der Waals surface area contributed by atoms with E-state index in [1.54, 1.807) is 43.3 Å². The first-order valence-corrected chi connectivity index (χ1v) is 8.06. The average molecular weight is 359 g/mol. The first-order valence-electron chi connectivity index (χ1n) is 8.06. The zero-order valence-corrected chi connectivity index (χ0v) is 14.3. The molecule has 0 aliphatic carbocycles. The number of carbonyl (C=O) groups is 2. The Bertz CT molecular complexity index is 762. The van der Waals surface area contributed by atoms with E-state index in [0.29, 0.717) is 11.1 Å². The van der Waals surface area contributed by atoms with E-state index in [9.17, 15) is 19.8 Å². The van der Waals surface area contributed by atoms with Gasteiger partial charge < -0.3 is 25.4 Å². The number of nitrogens with two attached hydrogens (primary N) is 1. The summed E-state index contributed by atoms with van der Waals surface area (Å²) in [6, 6.07) is 11.7. The van der Waals surface area contributed by atoms with Crippen molar-refractivity contribution >= 4 is 11.9 Å². The summed E-state index contributed by atoms with van der Waals surface area (Å²) in [5.74, 6) is -1.69. The second kappa shape index (κ2) is 8.87. The van der Waals surface area contributed by atoms with Gasteiger partial charge in [0.15, 0.2) is 11.5 Å². The molecule has 0 heterocycles. The summed E-state index contributed by atoms with van der Waals surface area (Å²) in [5.41, 5.74) is 6.78. The monoisotopic (exact) mass is 359 g/mol. The highest BCUT2D eigenvalue weighted by molar-refractivity contribution is 5.89. The third-order valence-corrected chi connectivity index (χ3v) is 3.58. The molecule has 2 aromatic carbocycles. The zero-order chi connectivity index (χ0) is 19.1. The number of hydrogen-bond acceptors (Lipinski definition) is 7. The molecule has 0 aliphatic heterocycles. The highest BCUT2D eigenvalue weighted by Gasteiger charge is 2.19. The van der Waals surface area contributed by atoms with Crippen molar-refractivity contribution in [1.29, 1.82) is 0 Å². The molecule has 7 heteroatoms. The van der Waals surface area contributed by atoms with Crippen molar-refractivity contribution in [2.24, 2.45) is 5.73 Å². The Morgan fingerprint density at radius 1 is 1.08 bits per heavy atom. The molecule has 0 saturated carbocycles.